The van der Waals surface area contributed by atoms with Gasteiger partial charge in [-0.15, -0.1) is 0 Å². The largest absolute Gasteiger partial charge is 0.514 e. The van der Waals surface area contributed by atoms with Crippen molar-refractivity contribution in [1.82, 2.24) is 5.32 Å². The van der Waals surface area contributed by atoms with Crippen LogP contribution >= 0.6 is 0 Å². The number of carbonyl (C=O) groups is 4. The van der Waals surface area contributed by atoms with E-state index in [4.69, 9.17) is 28.4 Å². The summed E-state index contributed by atoms with van der Waals surface area (Å²) in [5, 5.41) is 3.03. The fourth-order valence-corrected chi connectivity index (χ4v) is 3.15. The SMILES string of the molecule is COC(=O)[C@H](Cc1ccc(OC(=O)OC(C)C(C)C)c(OC(=O)OC(C)C(C)C)c1)NCCOC(=O)CC(C)(C)C. The number of hydrogen-bond donors (Lipinski definition) is 1. The number of benzene rings is 1. The molecule has 41 heavy (non-hydrogen) atoms. The summed E-state index contributed by atoms with van der Waals surface area (Å²) in [5.41, 5.74) is 0.366. The van der Waals surface area contributed by atoms with Crippen molar-refractivity contribution < 1.29 is 47.6 Å². The van der Waals surface area contributed by atoms with Crippen LogP contribution < -0.4 is 14.8 Å². The average molecular weight is 582 g/mol. The molecular formula is C30H47NO10. The summed E-state index contributed by atoms with van der Waals surface area (Å²) in [5.74, 6) is -0.888. The molecule has 0 radical (unpaired) electrons. The second kappa shape index (κ2) is 16.8. The van der Waals surface area contributed by atoms with Gasteiger partial charge in [-0.25, -0.2) is 9.59 Å². The van der Waals surface area contributed by atoms with Gasteiger partial charge in [0, 0.05) is 6.54 Å². The molecule has 1 aromatic carbocycles. The van der Waals surface area contributed by atoms with Gasteiger partial charge in [0.1, 0.15) is 24.9 Å². The predicted octanol–water partition coefficient (Wildman–Crippen LogP) is 5.46. The molecule has 0 spiro atoms. The van der Waals surface area contributed by atoms with Crippen LogP contribution in [-0.2, 0) is 35.0 Å². The normalized spacial score (nSPS) is 13.7. The highest BCUT2D eigenvalue weighted by molar-refractivity contribution is 5.76. The van der Waals surface area contributed by atoms with Gasteiger partial charge < -0.3 is 33.7 Å². The molecule has 232 valence electrons. The van der Waals surface area contributed by atoms with Gasteiger partial charge in [0.15, 0.2) is 11.5 Å². The second-order valence-corrected chi connectivity index (χ2v) is 11.8. The van der Waals surface area contributed by atoms with Gasteiger partial charge in [0.2, 0.25) is 0 Å². The van der Waals surface area contributed by atoms with Gasteiger partial charge >= 0.3 is 24.2 Å². The Morgan fingerprint density at radius 1 is 0.829 bits per heavy atom. The van der Waals surface area contributed by atoms with Gasteiger partial charge in [-0.3, -0.25) is 9.59 Å². The smallest absolute Gasteiger partial charge is 0.468 e. The lowest BCUT2D eigenvalue weighted by atomic mass is 9.93. The van der Waals surface area contributed by atoms with Gasteiger partial charge in [-0.2, -0.15) is 0 Å². The van der Waals surface area contributed by atoms with E-state index in [2.05, 4.69) is 5.32 Å². The lowest BCUT2D eigenvalue weighted by Crippen LogP contribution is -2.41. The van der Waals surface area contributed by atoms with E-state index >= 15 is 0 Å². The fraction of sp³-hybridized carbons (Fsp3) is 0.667. The fourth-order valence-electron chi connectivity index (χ4n) is 3.15. The molecule has 0 fully saturated rings. The van der Waals surface area contributed by atoms with E-state index in [1.165, 1.54) is 19.2 Å². The highest BCUT2D eigenvalue weighted by atomic mass is 16.8. The molecule has 11 heteroatoms. The summed E-state index contributed by atoms with van der Waals surface area (Å²) in [4.78, 5) is 49.3. The van der Waals surface area contributed by atoms with Crippen molar-refractivity contribution in [3.05, 3.63) is 23.8 Å². The molecule has 0 aliphatic rings. The zero-order chi connectivity index (χ0) is 31.3. The maximum absolute atomic E-state index is 12.5. The highest BCUT2D eigenvalue weighted by Crippen LogP contribution is 2.30. The molecule has 0 saturated heterocycles. The summed E-state index contributed by atoms with van der Waals surface area (Å²) in [6.45, 7) is 17.1. The lowest BCUT2D eigenvalue weighted by molar-refractivity contribution is -0.145. The summed E-state index contributed by atoms with van der Waals surface area (Å²) in [6.07, 6.45) is -2.35. The molecule has 1 N–H and O–H groups in total. The first-order chi connectivity index (χ1) is 19.0. The van der Waals surface area contributed by atoms with E-state index in [1.807, 2.05) is 48.5 Å². The number of methoxy groups -OCH3 is 1. The van der Waals surface area contributed by atoms with Crippen LogP contribution in [0.4, 0.5) is 9.59 Å². The van der Waals surface area contributed by atoms with E-state index in [0.717, 1.165) is 0 Å². The Balaban J connectivity index is 3.07. The van der Waals surface area contributed by atoms with Crippen LogP contribution in [0.15, 0.2) is 18.2 Å². The van der Waals surface area contributed by atoms with Crippen LogP contribution in [0, 0.1) is 17.3 Å². The first-order valence-corrected chi connectivity index (χ1v) is 13.9. The molecule has 0 aliphatic heterocycles. The summed E-state index contributed by atoms with van der Waals surface area (Å²) in [6, 6.07) is 3.72. The van der Waals surface area contributed by atoms with Crippen LogP contribution in [0.25, 0.3) is 0 Å². The predicted molar refractivity (Wildman–Crippen MR) is 152 cm³/mol. The number of carbonyl (C=O) groups excluding carboxylic acids is 4. The highest BCUT2D eigenvalue weighted by Gasteiger charge is 2.24. The Kier molecular flexibility index (Phi) is 14.6. The molecule has 0 saturated carbocycles. The van der Waals surface area contributed by atoms with E-state index < -0.39 is 36.5 Å². The summed E-state index contributed by atoms with van der Waals surface area (Å²) >= 11 is 0. The third-order valence-corrected chi connectivity index (χ3v) is 6.19. The maximum Gasteiger partial charge on any atom is 0.514 e. The standard InChI is InChI=1S/C30H47NO10/c1-18(2)20(5)38-28(34)40-24-12-11-22(16-25(24)41-29(35)39-21(6)19(3)4)15-23(27(33)36-10)31-13-14-37-26(32)17-30(7,8)9/h11-12,16,18-21,23,31H,13-15,17H2,1-10H3/t20?,21?,23-/m0/s1. The van der Waals surface area contributed by atoms with Crippen LogP contribution in [-0.4, -0.2) is 62.8 Å². The van der Waals surface area contributed by atoms with E-state index in [-0.39, 0.29) is 60.7 Å². The number of hydrogen-bond acceptors (Lipinski definition) is 11. The number of rotatable bonds is 14. The molecular weight excluding hydrogens is 534 g/mol. The minimum Gasteiger partial charge on any atom is -0.468 e. The Bertz CT molecular complexity index is 1020. The Hall–Kier alpha value is -3.34. The van der Waals surface area contributed by atoms with Crippen molar-refractivity contribution in [2.45, 2.75) is 93.4 Å². The Morgan fingerprint density at radius 2 is 1.37 bits per heavy atom. The van der Waals surface area contributed by atoms with E-state index in [9.17, 15) is 19.2 Å². The Labute approximate surface area is 243 Å². The zero-order valence-electron chi connectivity index (χ0n) is 26.0. The third kappa shape index (κ3) is 14.2. The maximum atomic E-state index is 12.5. The van der Waals surface area contributed by atoms with E-state index in [1.54, 1.807) is 19.9 Å². The van der Waals surface area contributed by atoms with Gasteiger partial charge in [-0.05, 0) is 55.2 Å². The van der Waals surface area contributed by atoms with Crippen molar-refractivity contribution in [3.63, 3.8) is 0 Å². The average Bonchev–Trinajstić information content (AvgIpc) is 2.85. The zero-order valence-corrected chi connectivity index (χ0v) is 26.0. The van der Waals surface area contributed by atoms with Crippen molar-refractivity contribution >= 4 is 24.2 Å². The minimum absolute atomic E-state index is 0.0525. The van der Waals surface area contributed by atoms with Gasteiger partial charge in [0.25, 0.3) is 0 Å². The topological polar surface area (TPSA) is 136 Å². The van der Waals surface area contributed by atoms with Crippen molar-refractivity contribution in [1.29, 1.82) is 0 Å². The van der Waals surface area contributed by atoms with E-state index in [0.29, 0.717) is 5.56 Å². The molecule has 11 nitrogen and oxygen atoms in total. The quantitative estimate of drug-likeness (QED) is 0.130. The number of esters is 2. The third-order valence-electron chi connectivity index (χ3n) is 6.19. The van der Waals surface area contributed by atoms with Crippen molar-refractivity contribution in [2.75, 3.05) is 20.3 Å². The van der Waals surface area contributed by atoms with Crippen molar-refractivity contribution in [3.8, 4) is 11.5 Å². The van der Waals surface area contributed by atoms with Gasteiger partial charge in [-0.1, -0.05) is 54.5 Å². The monoisotopic (exact) mass is 581 g/mol. The first kappa shape index (κ1) is 35.7. The number of nitrogens with one attached hydrogen (secondary N) is 1. The lowest BCUT2D eigenvalue weighted by Gasteiger charge is -2.20. The second-order valence-electron chi connectivity index (χ2n) is 11.8. The molecule has 1 aromatic rings. The number of ether oxygens (including phenoxy) is 6. The van der Waals surface area contributed by atoms with Crippen LogP contribution in [0.2, 0.25) is 0 Å². The molecule has 0 amide bonds. The molecule has 1 rings (SSSR count). The van der Waals surface area contributed by atoms with Gasteiger partial charge in [0.05, 0.1) is 13.5 Å². The molecule has 0 heterocycles. The molecule has 0 bridgehead atoms. The Morgan fingerprint density at radius 3 is 1.85 bits per heavy atom. The van der Waals surface area contributed by atoms with Crippen molar-refractivity contribution in [2.24, 2.45) is 17.3 Å². The summed E-state index contributed by atoms with van der Waals surface area (Å²) in [7, 11) is 1.27. The molecule has 3 atom stereocenters. The molecule has 0 aliphatic carbocycles. The molecule has 2 unspecified atom stereocenters. The first-order valence-electron chi connectivity index (χ1n) is 13.9. The summed E-state index contributed by atoms with van der Waals surface area (Å²) < 4.78 is 31.5. The minimum atomic E-state index is -0.975. The molecule has 0 aromatic heterocycles. The van der Waals surface area contributed by atoms with Crippen LogP contribution in [0.3, 0.4) is 0 Å². The van der Waals surface area contributed by atoms with Crippen LogP contribution in [0.1, 0.15) is 74.3 Å². The van der Waals surface area contributed by atoms with Crippen LogP contribution in [0.5, 0.6) is 11.5 Å².